The topological polar surface area (TPSA) is 70.1 Å². The molecule has 0 spiro atoms. The summed E-state index contributed by atoms with van der Waals surface area (Å²) in [6, 6.07) is 0. The van der Waals surface area contributed by atoms with Crippen LogP contribution in [0.1, 0.15) is 20.8 Å². The lowest BCUT2D eigenvalue weighted by Crippen LogP contribution is -2.70. The van der Waals surface area contributed by atoms with Gasteiger partial charge < -0.3 is 19.6 Å². The van der Waals surface area contributed by atoms with E-state index in [9.17, 15) is 14.7 Å². The monoisotopic (exact) mass is 406 g/mol. The maximum atomic E-state index is 12.1. The first kappa shape index (κ1) is 21.0. The molecule has 1 aliphatic rings. The number of hydrogen-bond acceptors (Lipinski definition) is 5. The quantitative estimate of drug-likeness (QED) is 0.553. The van der Waals surface area contributed by atoms with Crippen LogP contribution >= 0.6 is 47.4 Å². The molecule has 23 heavy (non-hydrogen) atoms. The van der Waals surface area contributed by atoms with Gasteiger partial charge in [0.2, 0.25) is 9.70 Å². The summed E-state index contributed by atoms with van der Waals surface area (Å²) in [5, 5.41) is 9.49. The third kappa shape index (κ3) is 4.51. The summed E-state index contributed by atoms with van der Waals surface area (Å²) in [5.41, 5.74) is -2.76. The third-order valence-electron chi connectivity index (χ3n) is 3.81. The van der Waals surface area contributed by atoms with Gasteiger partial charge in [-0.1, -0.05) is 34.8 Å². The molecule has 1 unspecified atom stereocenters. The molecule has 1 fully saturated rings. The zero-order valence-corrected chi connectivity index (χ0v) is 16.5. The first-order valence-electron chi connectivity index (χ1n) is 6.95. The summed E-state index contributed by atoms with van der Waals surface area (Å²) >= 11 is 21.5. The number of ether oxygens (including phenoxy) is 1. The molecular weight excluding hydrogens is 387 g/mol. The minimum atomic E-state index is -1.80. The first-order chi connectivity index (χ1) is 10.2. The first-order valence-corrected chi connectivity index (χ1v) is 8.60. The minimum Gasteiger partial charge on any atom is -0.439 e. The number of thiol groups is 1. The Kier molecular flexibility index (Phi) is 6.41. The van der Waals surface area contributed by atoms with Crippen LogP contribution < -0.4 is 0 Å². The van der Waals surface area contributed by atoms with Crippen molar-refractivity contribution in [1.82, 2.24) is 9.80 Å². The Morgan fingerprint density at radius 1 is 1.39 bits per heavy atom. The molecule has 1 N–H and O–H groups in total. The Hall–Kier alpha value is -0.0800. The lowest BCUT2D eigenvalue weighted by Gasteiger charge is -2.49. The van der Waals surface area contributed by atoms with Crippen molar-refractivity contribution in [3.8, 4) is 0 Å². The van der Waals surface area contributed by atoms with Crippen molar-refractivity contribution in [3.05, 3.63) is 0 Å². The summed E-state index contributed by atoms with van der Waals surface area (Å²) < 4.78 is 3.37. The van der Waals surface area contributed by atoms with Crippen LogP contribution in [-0.4, -0.2) is 73.8 Å². The maximum absolute atomic E-state index is 12.1. The molecule has 1 atom stereocenters. The zero-order valence-electron chi connectivity index (χ0n) is 13.3. The fraction of sp³-hybridized carbons (Fsp3) is 0.846. The van der Waals surface area contributed by atoms with E-state index in [2.05, 4.69) is 12.6 Å². The summed E-state index contributed by atoms with van der Waals surface area (Å²) in [5.74, 6) is -0.312. The number of β-amino-alcohol motifs (C(OH)–C–C–N with tert-alkyl or cyclic N) is 1. The molecule has 1 saturated heterocycles. The normalized spacial score (nSPS) is 18.9. The van der Waals surface area contributed by atoms with Crippen molar-refractivity contribution in [1.29, 1.82) is 0 Å². The Balaban J connectivity index is 2.64. The van der Waals surface area contributed by atoms with Crippen molar-refractivity contribution < 1.29 is 19.4 Å². The van der Waals surface area contributed by atoms with Crippen LogP contribution in [0.15, 0.2) is 0 Å². The lowest BCUT2D eigenvalue weighted by atomic mass is 9.89. The van der Waals surface area contributed by atoms with Crippen LogP contribution in [0.25, 0.3) is 0 Å². The average Bonchev–Trinajstić information content (AvgIpc) is 2.39. The Morgan fingerprint density at radius 3 is 2.26 bits per heavy atom. The summed E-state index contributed by atoms with van der Waals surface area (Å²) in [7, 11) is 1.61. The molecule has 2 amide bonds. The van der Waals surface area contributed by atoms with Crippen LogP contribution in [0.3, 0.4) is 0 Å². The van der Waals surface area contributed by atoms with Gasteiger partial charge in [-0.05, 0) is 20.8 Å². The van der Waals surface area contributed by atoms with Crippen molar-refractivity contribution in [3.63, 3.8) is 0 Å². The van der Waals surface area contributed by atoms with E-state index in [1.54, 1.807) is 7.05 Å². The number of hydrogen-bond donors (Lipinski definition) is 2. The molecule has 1 heterocycles. The van der Waals surface area contributed by atoms with Crippen molar-refractivity contribution in [2.24, 2.45) is 0 Å². The van der Waals surface area contributed by atoms with E-state index in [1.165, 1.54) is 23.6 Å². The van der Waals surface area contributed by atoms with Gasteiger partial charge in [-0.25, -0.2) is 4.79 Å². The second-order valence-corrected chi connectivity index (χ2v) is 8.89. The molecule has 0 aliphatic carbocycles. The van der Waals surface area contributed by atoms with Gasteiger partial charge in [0.25, 0.3) is 0 Å². The van der Waals surface area contributed by atoms with Crippen molar-refractivity contribution >= 4 is 59.4 Å². The summed E-state index contributed by atoms with van der Waals surface area (Å²) in [6.45, 7) is 5.06. The molecule has 0 radical (unpaired) electrons. The van der Waals surface area contributed by atoms with E-state index in [0.29, 0.717) is 6.54 Å². The molecule has 134 valence electrons. The average molecular weight is 408 g/mol. The van der Waals surface area contributed by atoms with Gasteiger partial charge in [-0.15, -0.1) is 0 Å². The molecule has 6 nitrogen and oxygen atoms in total. The van der Waals surface area contributed by atoms with Crippen molar-refractivity contribution in [2.45, 2.75) is 41.0 Å². The molecule has 1 aliphatic heterocycles. The van der Waals surface area contributed by atoms with E-state index in [0.717, 1.165) is 0 Å². The predicted molar refractivity (Wildman–Crippen MR) is 93.5 cm³/mol. The second-order valence-electron chi connectivity index (χ2n) is 6.09. The van der Waals surface area contributed by atoms with Gasteiger partial charge in [0.1, 0.15) is 10.9 Å². The Bertz CT molecular complexity index is 478. The number of alkyl halides is 3. The standard InChI is InChI=1S/C13H21Cl3N2O4S/c1-5-17(4)9(19)8(23)12(21)6-18(7-12)10(20)22-11(2,3)13(14,15)16/h8,21,23H,5-7H2,1-4H3. The van der Waals surface area contributed by atoms with E-state index >= 15 is 0 Å². The van der Waals surface area contributed by atoms with Crippen LogP contribution in [0.2, 0.25) is 0 Å². The highest BCUT2D eigenvalue weighted by Crippen LogP contribution is 2.41. The number of rotatable bonds is 4. The predicted octanol–water partition coefficient (Wildman–Crippen LogP) is 2.10. The van der Waals surface area contributed by atoms with Gasteiger partial charge >= 0.3 is 6.09 Å². The summed E-state index contributed by atoms with van der Waals surface area (Å²) in [4.78, 5) is 26.8. The number of halogens is 3. The second kappa shape index (κ2) is 7.04. The molecule has 10 heteroatoms. The Morgan fingerprint density at radius 2 is 1.87 bits per heavy atom. The molecule has 0 aromatic rings. The van der Waals surface area contributed by atoms with Gasteiger partial charge in [0, 0.05) is 13.6 Å². The fourth-order valence-corrected chi connectivity index (χ4v) is 2.33. The van der Waals surface area contributed by atoms with Gasteiger partial charge in [-0.3, -0.25) is 4.79 Å². The van der Waals surface area contributed by atoms with Crippen LogP contribution in [0.4, 0.5) is 4.79 Å². The minimum absolute atomic E-state index is 0.0841. The molecular formula is C13H21Cl3N2O4S. The molecule has 1 rings (SSSR count). The van der Waals surface area contributed by atoms with E-state index < -0.39 is 26.3 Å². The van der Waals surface area contributed by atoms with Gasteiger partial charge in [0.15, 0.2) is 5.60 Å². The number of carbonyl (C=O) groups excluding carboxylic acids is 2. The highest BCUT2D eigenvalue weighted by molar-refractivity contribution is 7.82. The number of amides is 2. The smallest absolute Gasteiger partial charge is 0.410 e. The van der Waals surface area contributed by atoms with Crippen LogP contribution in [0, 0.1) is 0 Å². The zero-order chi connectivity index (χ0) is 18.2. The number of likely N-dealkylation sites (tertiary alicyclic amines) is 1. The SMILES string of the molecule is CCN(C)C(=O)C(S)C1(O)CN(C(=O)OC(C)(C)C(Cl)(Cl)Cl)C1. The molecule has 0 aromatic carbocycles. The fourth-order valence-electron chi connectivity index (χ4n) is 1.85. The maximum Gasteiger partial charge on any atom is 0.410 e. The van der Waals surface area contributed by atoms with E-state index in [4.69, 9.17) is 39.5 Å². The molecule has 0 bridgehead atoms. The number of nitrogens with zero attached hydrogens (tertiary/aromatic N) is 2. The highest BCUT2D eigenvalue weighted by atomic mass is 35.6. The largest absolute Gasteiger partial charge is 0.439 e. The molecule has 0 aromatic heterocycles. The van der Waals surface area contributed by atoms with Crippen LogP contribution in [-0.2, 0) is 9.53 Å². The highest BCUT2D eigenvalue weighted by Gasteiger charge is 2.53. The summed E-state index contributed by atoms with van der Waals surface area (Å²) in [6.07, 6.45) is -0.733. The number of aliphatic hydroxyl groups is 1. The van der Waals surface area contributed by atoms with E-state index in [-0.39, 0.29) is 19.0 Å². The number of carbonyl (C=O) groups is 2. The molecule has 0 saturated carbocycles. The van der Waals surface area contributed by atoms with Gasteiger partial charge in [0.05, 0.1) is 13.1 Å². The van der Waals surface area contributed by atoms with Crippen LogP contribution in [0.5, 0.6) is 0 Å². The van der Waals surface area contributed by atoms with Gasteiger partial charge in [-0.2, -0.15) is 12.6 Å². The lowest BCUT2D eigenvalue weighted by molar-refractivity contribution is -0.143. The third-order valence-corrected chi connectivity index (χ3v) is 5.87. The van der Waals surface area contributed by atoms with E-state index in [1.807, 2.05) is 6.92 Å². The Labute approximate surface area is 156 Å². The van der Waals surface area contributed by atoms with Crippen molar-refractivity contribution in [2.75, 3.05) is 26.7 Å².